The fourth-order valence-corrected chi connectivity index (χ4v) is 4.37. The van der Waals surface area contributed by atoms with E-state index in [1.54, 1.807) is 18.3 Å². The summed E-state index contributed by atoms with van der Waals surface area (Å²) in [4.78, 5) is 18.4. The molecule has 0 aliphatic carbocycles. The molecule has 0 radical (unpaired) electrons. The Hall–Kier alpha value is -1.98. The van der Waals surface area contributed by atoms with Crippen LogP contribution >= 0.6 is 11.3 Å². The Kier molecular flexibility index (Phi) is 3.75. The number of aromatic nitrogens is 1. The second-order valence-corrected chi connectivity index (χ2v) is 7.28. The van der Waals surface area contributed by atoms with Crippen molar-refractivity contribution in [1.82, 2.24) is 15.2 Å². The van der Waals surface area contributed by atoms with Crippen LogP contribution in [0.25, 0.3) is 21.0 Å². The van der Waals surface area contributed by atoms with E-state index < -0.39 is 0 Å². The predicted molar refractivity (Wildman–Crippen MR) is 94.6 cm³/mol. The second-order valence-electron chi connectivity index (χ2n) is 6.16. The number of carbonyl (C=O) groups excluding carboxylic acids is 1. The van der Waals surface area contributed by atoms with E-state index in [0.717, 1.165) is 36.6 Å². The van der Waals surface area contributed by atoms with Gasteiger partial charge in [0.15, 0.2) is 0 Å². The third-order valence-electron chi connectivity index (χ3n) is 4.37. The van der Waals surface area contributed by atoms with Crippen molar-refractivity contribution in [2.45, 2.75) is 25.9 Å². The van der Waals surface area contributed by atoms with E-state index in [9.17, 15) is 4.79 Å². The van der Waals surface area contributed by atoms with Crippen LogP contribution < -0.4 is 5.32 Å². The third kappa shape index (κ3) is 2.94. The maximum absolute atomic E-state index is 11.2. The normalized spacial score (nSPS) is 18.7. The minimum atomic E-state index is 0.0586. The summed E-state index contributed by atoms with van der Waals surface area (Å²) in [7, 11) is 0. The lowest BCUT2D eigenvalue weighted by atomic mass is 10.1. The summed E-state index contributed by atoms with van der Waals surface area (Å²) >= 11 is 1.77. The van der Waals surface area contributed by atoms with E-state index in [-0.39, 0.29) is 11.9 Å². The van der Waals surface area contributed by atoms with E-state index in [1.165, 1.54) is 15.5 Å². The summed E-state index contributed by atoms with van der Waals surface area (Å²) in [5, 5.41) is 6.63. The Morgan fingerprint density at radius 2 is 2.22 bits per heavy atom. The molecular weight excluding hydrogens is 306 g/mol. The first-order chi connectivity index (χ1) is 11.2. The number of nitrogens with one attached hydrogen (secondary N) is 1. The fraction of sp³-hybridized carbons (Fsp3) is 0.333. The number of likely N-dealkylation sites (tertiary alicyclic amines) is 1. The van der Waals surface area contributed by atoms with Crippen LogP contribution in [-0.4, -0.2) is 34.9 Å². The number of hydrogen-bond acceptors (Lipinski definition) is 4. The molecule has 1 aliphatic heterocycles. The molecule has 5 heteroatoms. The molecule has 0 bridgehead atoms. The van der Waals surface area contributed by atoms with Gasteiger partial charge < -0.3 is 5.32 Å². The number of hydrogen-bond donors (Lipinski definition) is 1. The van der Waals surface area contributed by atoms with Gasteiger partial charge in [-0.25, -0.2) is 4.98 Å². The first kappa shape index (κ1) is 14.6. The molecule has 1 fully saturated rings. The minimum absolute atomic E-state index is 0.0586. The largest absolute Gasteiger partial charge is 0.352 e. The summed E-state index contributed by atoms with van der Waals surface area (Å²) in [6.45, 7) is 4.38. The smallest absolute Gasteiger partial charge is 0.217 e. The zero-order chi connectivity index (χ0) is 15.8. The topological polar surface area (TPSA) is 45.2 Å². The molecule has 1 unspecified atom stereocenters. The van der Waals surface area contributed by atoms with Crippen molar-refractivity contribution in [3.63, 3.8) is 0 Å². The number of carbonyl (C=O) groups is 1. The van der Waals surface area contributed by atoms with Gasteiger partial charge in [0.2, 0.25) is 5.91 Å². The molecule has 0 spiro atoms. The van der Waals surface area contributed by atoms with Crippen LogP contribution in [0.2, 0.25) is 0 Å². The van der Waals surface area contributed by atoms with Crippen LogP contribution in [0.1, 0.15) is 18.4 Å². The summed E-state index contributed by atoms with van der Waals surface area (Å²) < 4.78 is 1.25. The number of amides is 1. The van der Waals surface area contributed by atoms with Gasteiger partial charge in [0.25, 0.3) is 0 Å². The fourth-order valence-electron chi connectivity index (χ4n) is 3.35. The van der Waals surface area contributed by atoms with Crippen molar-refractivity contribution in [2.75, 3.05) is 13.1 Å². The van der Waals surface area contributed by atoms with Crippen LogP contribution in [0.3, 0.4) is 0 Å². The van der Waals surface area contributed by atoms with Crippen LogP contribution in [0.4, 0.5) is 0 Å². The quantitative estimate of drug-likeness (QED) is 0.804. The molecular formula is C18H19N3OS. The van der Waals surface area contributed by atoms with Crippen molar-refractivity contribution in [2.24, 2.45) is 0 Å². The molecule has 4 nitrogen and oxygen atoms in total. The molecule has 0 saturated carbocycles. The lowest BCUT2D eigenvalue weighted by Gasteiger charge is -2.14. The molecule has 1 atom stereocenters. The highest BCUT2D eigenvalue weighted by molar-refractivity contribution is 7.18. The number of nitrogens with zero attached hydrogens (tertiary/aromatic N) is 2. The van der Waals surface area contributed by atoms with Gasteiger partial charge in [0, 0.05) is 31.4 Å². The molecule has 23 heavy (non-hydrogen) atoms. The van der Waals surface area contributed by atoms with Gasteiger partial charge in [-0.1, -0.05) is 30.3 Å². The monoisotopic (exact) mass is 325 g/mol. The molecule has 118 valence electrons. The summed E-state index contributed by atoms with van der Waals surface area (Å²) in [5.74, 6) is 0.0586. The SMILES string of the molecule is CC(=O)NC1CCN(Cc2nc3c(ccc4ccccc43)s2)C1. The second kappa shape index (κ2) is 5.91. The average Bonchev–Trinajstić information content (AvgIpc) is 3.13. The van der Waals surface area contributed by atoms with E-state index >= 15 is 0 Å². The minimum Gasteiger partial charge on any atom is -0.352 e. The Balaban J connectivity index is 1.56. The standard InChI is InChI=1S/C18H19N3OS/c1-12(22)19-14-8-9-21(10-14)11-17-20-18-15-5-3-2-4-13(15)6-7-16(18)23-17/h2-7,14H,8-11H2,1H3,(H,19,22). The van der Waals surface area contributed by atoms with Crippen molar-refractivity contribution < 1.29 is 4.79 Å². The highest BCUT2D eigenvalue weighted by Crippen LogP contribution is 2.30. The first-order valence-corrected chi connectivity index (χ1v) is 8.77. The molecule has 4 rings (SSSR count). The molecule has 1 saturated heterocycles. The van der Waals surface area contributed by atoms with Gasteiger partial charge in [-0.05, 0) is 17.9 Å². The number of thiazole rings is 1. The van der Waals surface area contributed by atoms with E-state index in [0.29, 0.717) is 0 Å². The molecule has 1 amide bonds. The lowest BCUT2D eigenvalue weighted by molar-refractivity contribution is -0.119. The highest BCUT2D eigenvalue weighted by atomic mass is 32.1. The third-order valence-corrected chi connectivity index (χ3v) is 5.37. The molecule has 1 aromatic heterocycles. The van der Waals surface area contributed by atoms with Crippen molar-refractivity contribution in [3.05, 3.63) is 41.4 Å². The average molecular weight is 325 g/mol. The maximum Gasteiger partial charge on any atom is 0.217 e. The van der Waals surface area contributed by atoms with Crippen LogP contribution in [-0.2, 0) is 11.3 Å². The van der Waals surface area contributed by atoms with E-state index in [4.69, 9.17) is 4.98 Å². The van der Waals surface area contributed by atoms with Crippen LogP contribution in [0.5, 0.6) is 0 Å². The molecule has 2 aromatic carbocycles. The molecule has 3 aromatic rings. The number of fused-ring (bicyclic) bond motifs is 3. The van der Waals surface area contributed by atoms with Gasteiger partial charge in [0.1, 0.15) is 5.01 Å². The van der Waals surface area contributed by atoms with Crippen LogP contribution in [0.15, 0.2) is 36.4 Å². The molecule has 2 heterocycles. The van der Waals surface area contributed by atoms with Crippen molar-refractivity contribution >= 4 is 38.2 Å². The Labute approximate surface area is 139 Å². The molecule has 1 N–H and O–H groups in total. The Morgan fingerprint density at radius 3 is 3.09 bits per heavy atom. The maximum atomic E-state index is 11.2. The van der Waals surface area contributed by atoms with Gasteiger partial charge in [0.05, 0.1) is 16.8 Å². The highest BCUT2D eigenvalue weighted by Gasteiger charge is 2.23. The lowest BCUT2D eigenvalue weighted by Crippen LogP contribution is -2.35. The Morgan fingerprint density at radius 1 is 1.35 bits per heavy atom. The van der Waals surface area contributed by atoms with Crippen molar-refractivity contribution in [3.8, 4) is 0 Å². The zero-order valence-electron chi connectivity index (χ0n) is 13.1. The van der Waals surface area contributed by atoms with Gasteiger partial charge in [-0.15, -0.1) is 11.3 Å². The van der Waals surface area contributed by atoms with Gasteiger partial charge in [-0.2, -0.15) is 0 Å². The van der Waals surface area contributed by atoms with E-state index in [1.807, 2.05) is 0 Å². The predicted octanol–water partition coefficient (Wildman–Crippen LogP) is 3.16. The van der Waals surface area contributed by atoms with Gasteiger partial charge in [-0.3, -0.25) is 9.69 Å². The Bertz CT molecular complexity index is 873. The molecule has 1 aliphatic rings. The summed E-state index contributed by atoms with van der Waals surface area (Å²) in [5.41, 5.74) is 1.11. The summed E-state index contributed by atoms with van der Waals surface area (Å²) in [6, 6.07) is 13.0. The summed E-state index contributed by atoms with van der Waals surface area (Å²) in [6.07, 6.45) is 1.02. The number of benzene rings is 2. The van der Waals surface area contributed by atoms with Crippen molar-refractivity contribution in [1.29, 1.82) is 0 Å². The van der Waals surface area contributed by atoms with E-state index in [2.05, 4.69) is 46.6 Å². The van der Waals surface area contributed by atoms with Crippen LogP contribution in [0, 0.1) is 0 Å². The zero-order valence-corrected chi connectivity index (χ0v) is 13.9. The first-order valence-electron chi connectivity index (χ1n) is 7.96. The number of rotatable bonds is 3. The van der Waals surface area contributed by atoms with Gasteiger partial charge >= 0.3 is 0 Å².